The predicted molar refractivity (Wildman–Crippen MR) is 83.7 cm³/mol. The number of nitrogens with zero attached hydrogens (tertiary/aromatic N) is 1. The van der Waals surface area contributed by atoms with Crippen molar-refractivity contribution in [2.24, 2.45) is 0 Å². The average molecular weight is 338 g/mol. The summed E-state index contributed by atoms with van der Waals surface area (Å²) < 4.78 is 44.8. The normalized spacial score (nSPS) is 17.4. The molecule has 124 valence electrons. The van der Waals surface area contributed by atoms with Gasteiger partial charge < -0.3 is 4.42 Å². The third-order valence-electron chi connectivity index (χ3n) is 3.99. The number of nitrogens with one attached hydrogen (secondary N) is 1. The fourth-order valence-electron chi connectivity index (χ4n) is 2.75. The smallest absolute Gasteiger partial charge is 0.274 e. The van der Waals surface area contributed by atoms with Gasteiger partial charge in [-0.25, -0.2) is 17.5 Å². The van der Waals surface area contributed by atoms with Gasteiger partial charge in [0, 0.05) is 25.7 Å². The number of hydrogen-bond donors (Lipinski definition) is 1. The maximum absolute atomic E-state index is 12.9. The van der Waals surface area contributed by atoms with Crippen LogP contribution in [0.15, 0.2) is 52.2 Å². The summed E-state index contributed by atoms with van der Waals surface area (Å²) in [7, 11) is -3.57. The van der Waals surface area contributed by atoms with Crippen LogP contribution in [0.25, 0.3) is 0 Å². The van der Waals surface area contributed by atoms with E-state index in [1.165, 1.54) is 24.5 Å². The Hall–Kier alpha value is -1.70. The molecule has 1 N–H and O–H groups in total. The number of likely N-dealkylation sites (tertiary alicyclic amines) is 1. The molecule has 0 spiro atoms. The molecule has 0 aliphatic carbocycles. The number of rotatable bonds is 5. The van der Waals surface area contributed by atoms with Crippen LogP contribution in [0.1, 0.15) is 18.4 Å². The van der Waals surface area contributed by atoms with Crippen LogP contribution in [0.3, 0.4) is 0 Å². The number of furan rings is 1. The lowest BCUT2D eigenvalue weighted by atomic mass is 10.1. The lowest BCUT2D eigenvalue weighted by Crippen LogP contribution is -2.44. The minimum Gasteiger partial charge on any atom is -0.452 e. The molecule has 23 heavy (non-hydrogen) atoms. The fourth-order valence-corrected chi connectivity index (χ4v) is 3.98. The van der Waals surface area contributed by atoms with E-state index in [-0.39, 0.29) is 17.0 Å². The molecule has 0 unspecified atom stereocenters. The second-order valence-corrected chi connectivity index (χ2v) is 7.38. The van der Waals surface area contributed by atoms with E-state index >= 15 is 0 Å². The Bertz CT molecular complexity index is 721. The standard InChI is InChI=1S/C16H19FN2O3S/c17-14-5-3-13(4-6-14)12-19-9-7-15(8-10-19)18-23(20,21)16-2-1-11-22-16/h1-6,11,15,18H,7-10,12H2. The van der Waals surface area contributed by atoms with Crippen molar-refractivity contribution < 1.29 is 17.2 Å². The monoisotopic (exact) mass is 338 g/mol. The fraction of sp³-hybridized carbons (Fsp3) is 0.375. The van der Waals surface area contributed by atoms with Gasteiger partial charge in [-0.2, -0.15) is 0 Å². The lowest BCUT2D eigenvalue weighted by molar-refractivity contribution is 0.199. The molecule has 2 heterocycles. The molecular weight excluding hydrogens is 319 g/mol. The molecule has 0 atom stereocenters. The van der Waals surface area contributed by atoms with Crippen molar-refractivity contribution in [3.05, 3.63) is 54.0 Å². The molecule has 1 aliphatic rings. The molecule has 1 fully saturated rings. The Kier molecular flexibility index (Phi) is 4.79. The number of hydrogen-bond acceptors (Lipinski definition) is 4. The van der Waals surface area contributed by atoms with Crippen molar-refractivity contribution in [3.8, 4) is 0 Å². The zero-order valence-electron chi connectivity index (χ0n) is 12.6. The highest BCUT2D eigenvalue weighted by Crippen LogP contribution is 2.17. The summed E-state index contributed by atoms with van der Waals surface area (Å²) >= 11 is 0. The molecule has 0 bridgehead atoms. The van der Waals surface area contributed by atoms with Crippen molar-refractivity contribution >= 4 is 10.0 Å². The quantitative estimate of drug-likeness (QED) is 0.909. The maximum atomic E-state index is 12.9. The number of halogens is 1. The van der Waals surface area contributed by atoms with Crippen LogP contribution in [0.2, 0.25) is 0 Å². The van der Waals surface area contributed by atoms with Crippen LogP contribution in [0.4, 0.5) is 4.39 Å². The average Bonchev–Trinajstić information content (AvgIpc) is 3.07. The highest BCUT2D eigenvalue weighted by molar-refractivity contribution is 7.89. The molecule has 2 aromatic rings. The van der Waals surface area contributed by atoms with Gasteiger partial charge in [-0.05, 0) is 42.7 Å². The molecule has 1 saturated heterocycles. The highest BCUT2D eigenvalue weighted by atomic mass is 32.2. The van der Waals surface area contributed by atoms with Crippen LogP contribution in [0.5, 0.6) is 0 Å². The van der Waals surface area contributed by atoms with E-state index in [9.17, 15) is 12.8 Å². The van der Waals surface area contributed by atoms with Crippen LogP contribution in [-0.4, -0.2) is 32.4 Å². The molecule has 0 radical (unpaired) electrons. The largest absolute Gasteiger partial charge is 0.452 e. The molecule has 3 rings (SSSR count). The maximum Gasteiger partial charge on any atom is 0.274 e. The Balaban J connectivity index is 1.51. The first kappa shape index (κ1) is 16.2. The molecule has 0 saturated carbocycles. The minimum atomic E-state index is -3.57. The van der Waals surface area contributed by atoms with Crippen LogP contribution >= 0.6 is 0 Å². The molecule has 1 aromatic carbocycles. The van der Waals surface area contributed by atoms with Crippen LogP contribution in [-0.2, 0) is 16.6 Å². The van der Waals surface area contributed by atoms with E-state index in [1.54, 1.807) is 18.2 Å². The minimum absolute atomic E-state index is 0.0498. The van der Waals surface area contributed by atoms with E-state index < -0.39 is 10.0 Å². The van der Waals surface area contributed by atoms with E-state index in [1.807, 2.05) is 0 Å². The van der Waals surface area contributed by atoms with E-state index in [0.29, 0.717) is 0 Å². The molecule has 1 aliphatic heterocycles. The van der Waals surface area contributed by atoms with Gasteiger partial charge in [-0.3, -0.25) is 4.90 Å². The lowest BCUT2D eigenvalue weighted by Gasteiger charge is -2.32. The van der Waals surface area contributed by atoms with Gasteiger partial charge in [-0.15, -0.1) is 0 Å². The van der Waals surface area contributed by atoms with E-state index in [2.05, 4.69) is 9.62 Å². The first-order valence-electron chi connectivity index (χ1n) is 7.55. The summed E-state index contributed by atoms with van der Waals surface area (Å²) in [5.74, 6) is -0.236. The van der Waals surface area contributed by atoms with Gasteiger partial charge in [0.25, 0.3) is 10.0 Å². The third-order valence-corrected chi connectivity index (χ3v) is 5.39. The second kappa shape index (κ2) is 6.82. The summed E-state index contributed by atoms with van der Waals surface area (Å²) in [4.78, 5) is 2.24. The molecule has 5 nitrogen and oxygen atoms in total. The first-order chi connectivity index (χ1) is 11.0. The van der Waals surface area contributed by atoms with Crippen LogP contribution < -0.4 is 4.72 Å². The zero-order valence-corrected chi connectivity index (χ0v) is 13.4. The van der Waals surface area contributed by atoms with Crippen molar-refractivity contribution in [2.45, 2.75) is 30.5 Å². The highest BCUT2D eigenvalue weighted by Gasteiger charge is 2.26. The summed E-state index contributed by atoms with van der Waals surface area (Å²) in [6.45, 7) is 2.34. The van der Waals surface area contributed by atoms with Gasteiger partial charge >= 0.3 is 0 Å². The summed E-state index contributed by atoms with van der Waals surface area (Å²) in [6, 6.07) is 9.38. The third kappa shape index (κ3) is 4.19. The number of sulfonamides is 1. The Labute approximate surface area is 135 Å². The second-order valence-electron chi connectivity index (χ2n) is 5.73. The summed E-state index contributed by atoms with van der Waals surface area (Å²) in [6.07, 6.45) is 2.82. The van der Waals surface area contributed by atoms with E-state index in [4.69, 9.17) is 4.42 Å². The van der Waals surface area contributed by atoms with E-state index in [0.717, 1.165) is 38.0 Å². The zero-order chi connectivity index (χ0) is 16.3. The summed E-state index contributed by atoms with van der Waals surface area (Å²) in [5, 5.41) is -0.0498. The van der Waals surface area contributed by atoms with Crippen LogP contribution in [0, 0.1) is 5.82 Å². The first-order valence-corrected chi connectivity index (χ1v) is 9.04. The predicted octanol–water partition coefficient (Wildman–Crippen LogP) is 2.36. The van der Waals surface area contributed by atoms with Gasteiger partial charge in [-0.1, -0.05) is 12.1 Å². The van der Waals surface area contributed by atoms with Gasteiger partial charge in [0.05, 0.1) is 6.26 Å². The summed E-state index contributed by atoms with van der Waals surface area (Å²) in [5.41, 5.74) is 1.06. The molecule has 1 aromatic heterocycles. The Morgan fingerprint density at radius 1 is 1.17 bits per heavy atom. The molecule has 7 heteroatoms. The Morgan fingerprint density at radius 2 is 1.87 bits per heavy atom. The SMILES string of the molecule is O=S(=O)(NC1CCN(Cc2ccc(F)cc2)CC1)c1ccco1. The molecular formula is C16H19FN2O3S. The van der Waals surface area contributed by atoms with Crippen molar-refractivity contribution in [3.63, 3.8) is 0 Å². The van der Waals surface area contributed by atoms with Crippen molar-refractivity contribution in [1.29, 1.82) is 0 Å². The van der Waals surface area contributed by atoms with Crippen molar-refractivity contribution in [2.75, 3.05) is 13.1 Å². The van der Waals surface area contributed by atoms with Crippen molar-refractivity contribution in [1.82, 2.24) is 9.62 Å². The topological polar surface area (TPSA) is 62.6 Å². The Morgan fingerprint density at radius 3 is 2.48 bits per heavy atom. The number of piperidine rings is 1. The van der Waals surface area contributed by atoms with Gasteiger partial charge in [0.2, 0.25) is 5.09 Å². The molecule has 0 amide bonds. The van der Waals surface area contributed by atoms with Gasteiger partial charge in [0.1, 0.15) is 5.82 Å². The number of benzene rings is 1. The van der Waals surface area contributed by atoms with Gasteiger partial charge in [0.15, 0.2) is 0 Å².